The molecule has 1 fully saturated rings. The molecule has 1 aromatic rings. The first-order valence-corrected chi connectivity index (χ1v) is 11.7. The molecule has 0 radical (unpaired) electrons. The number of aliphatic hydroxyl groups is 2. The molecule has 1 aliphatic carbocycles. The number of carboxylic acids is 1. The van der Waals surface area contributed by atoms with E-state index in [4.69, 9.17) is 5.11 Å². The van der Waals surface area contributed by atoms with E-state index in [0.29, 0.717) is 37.5 Å². The molecule has 0 bridgehead atoms. The Hall–Kier alpha value is -2.20. The molecule has 192 valence electrons. The molecule has 0 amide bonds. The number of carbonyl (C=O) groups is 1. The Bertz CT molecular complexity index is 830. The van der Waals surface area contributed by atoms with Gasteiger partial charge in [-0.25, -0.2) is 4.39 Å². The van der Waals surface area contributed by atoms with Crippen LogP contribution in [-0.2, 0) is 17.4 Å². The van der Waals surface area contributed by atoms with E-state index in [1.54, 1.807) is 0 Å². The van der Waals surface area contributed by atoms with E-state index in [1.165, 1.54) is 0 Å². The lowest BCUT2D eigenvalue weighted by Gasteiger charge is -2.23. The van der Waals surface area contributed by atoms with Gasteiger partial charge in [-0.05, 0) is 68.2 Å². The number of hydrogen-bond acceptors (Lipinski definition) is 5. The van der Waals surface area contributed by atoms with Gasteiger partial charge in [0.15, 0.2) is 0 Å². The van der Waals surface area contributed by atoms with E-state index >= 15 is 0 Å². The fourth-order valence-corrected chi connectivity index (χ4v) is 4.74. The van der Waals surface area contributed by atoms with Gasteiger partial charge in [-0.15, -0.1) is 0 Å². The molecule has 0 aromatic heterocycles. The third-order valence-electron chi connectivity index (χ3n) is 6.53. The third-order valence-corrected chi connectivity index (χ3v) is 6.53. The number of aliphatic carboxylic acids is 1. The second-order valence-corrected chi connectivity index (χ2v) is 9.10. The number of alkyl halides is 3. The lowest BCUT2D eigenvalue weighted by molar-refractivity contribution is -0.138. The average molecular weight is 492 g/mol. The van der Waals surface area contributed by atoms with Crippen molar-refractivity contribution in [2.24, 2.45) is 17.0 Å². The van der Waals surface area contributed by atoms with Gasteiger partial charge in [0.05, 0.1) is 23.5 Å². The van der Waals surface area contributed by atoms with Crippen LogP contribution in [0.5, 0.6) is 0 Å². The van der Waals surface area contributed by atoms with Crippen molar-refractivity contribution in [2.45, 2.75) is 89.0 Å². The topological polar surface area (TPSA) is 110 Å². The fraction of sp³-hybridized carbons (Fsp3) is 0.667. The summed E-state index contributed by atoms with van der Waals surface area (Å²) in [6.45, 7) is 0. The minimum absolute atomic E-state index is 0.0794. The summed E-state index contributed by atoms with van der Waals surface area (Å²) >= 11 is 0. The number of benzene rings is 1. The van der Waals surface area contributed by atoms with E-state index in [0.717, 1.165) is 31.4 Å². The molecule has 1 saturated carbocycles. The molecular formula is C24H33F4NO5. The Morgan fingerprint density at radius 2 is 1.79 bits per heavy atom. The van der Waals surface area contributed by atoms with Crippen molar-refractivity contribution in [1.29, 1.82) is 0 Å². The lowest BCUT2D eigenvalue weighted by Crippen LogP contribution is -2.22. The van der Waals surface area contributed by atoms with Gasteiger partial charge in [0, 0.05) is 18.8 Å². The fourth-order valence-electron chi connectivity index (χ4n) is 4.74. The maximum absolute atomic E-state index is 13.6. The molecule has 0 aliphatic heterocycles. The number of oxime groups is 1. The normalized spacial score (nSPS) is 22.9. The van der Waals surface area contributed by atoms with E-state index in [9.17, 15) is 37.8 Å². The summed E-state index contributed by atoms with van der Waals surface area (Å²) in [6.07, 6.45) is -1.16. The molecule has 2 rings (SSSR count). The monoisotopic (exact) mass is 491 g/mol. The van der Waals surface area contributed by atoms with Crippen LogP contribution in [0.25, 0.3) is 0 Å². The molecule has 0 heterocycles. The summed E-state index contributed by atoms with van der Waals surface area (Å²) in [6, 6.07) is 2.35. The molecule has 4 N–H and O–H groups in total. The van der Waals surface area contributed by atoms with Crippen LogP contribution in [-0.4, -0.2) is 44.4 Å². The van der Waals surface area contributed by atoms with Gasteiger partial charge in [-0.3, -0.25) is 4.79 Å². The highest BCUT2D eigenvalue weighted by atomic mass is 19.4. The van der Waals surface area contributed by atoms with E-state index < -0.39 is 35.7 Å². The highest BCUT2D eigenvalue weighted by Crippen LogP contribution is 2.37. The van der Waals surface area contributed by atoms with Gasteiger partial charge in [0.1, 0.15) is 5.82 Å². The third kappa shape index (κ3) is 8.87. The Labute approximate surface area is 196 Å². The predicted octanol–water partition coefficient (Wildman–Crippen LogP) is 5.17. The van der Waals surface area contributed by atoms with Crippen LogP contribution in [0.3, 0.4) is 0 Å². The first-order valence-electron chi connectivity index (χ1n) is 11.7. The summed E-state index contributed by atoms with van der Waals surface area (Å²) < 4.78 is 52.2. The molecule has 0 unspecified atom stereocenters. The van der Waals surface area contributed by atoms with Crippen LogP contribution in [0, 0.1) is 17.7 Å². The number of rotatable bonds is 13. The summed E-state index contributed by atoms with van der Waals surface area (Å²) in [4.78, 5) is 10.6. The first kappa shape index (κ1) is 28.0. The zero-order valence-corrected chi connectivity index (χ0v) is 19.0. The molecule has 0 saturated heterocycles. The quantitative estimate of drug-likeness (QED) is 0.132. The highest BCUT2D eigenvalue weighted by Gasteiger charge is 2.39. The van der Waals surface area contributed by atoms with Gasteiger partial charge >= 0.3 is 12.1 Å². The number of unbranched alkanes of at least 4 members (excludes halogenated alkanes) is 3. The van der Waals surface area contributed by atoms with Crippen molar-refractivity contribution >= 4 is 11.7 Å². The average Bonchev–Trinajstić information content (AvgIpc) is 3.06. The highest BCUT2D eigenvalue weighted by molar-refractivity contribution is 5.89. The maximum Gasteiger partial charge on any atom is 0.416 e. The van der Waals surface area contributed by atoms with Crippen LogP contribution in [0.15, 0.2) is 23.4 Å². The maximum atomic E-state index is 13.6. The standard InChI is InChI=1S/C24H33F4NO5/c25-17-12-15(11-16(13-17)24(26,27)28)7-8-18(30)9-10-19-20(22(31)14-21(19)29-34)5-3-1-2-4-6-23(32)33/h11-13,18-20,22,30-31,34H,1-10,14H2,(H,32,33)/b29-21-/t18-,19+,20+,22-/m0/s1. The van der Waals surface area contributed by atoms with Crippen molar-refractivity contribution in [3.8, 4) is 0 Å². The van der Waals surface area contributed by atoms with Crippen LogP contribution in [0.1, 0.15) is 75.3 Å². The van der Waals surface area contributed by atoms with Crippen LogP contribution in [0.4, 0.5) is 17.6 Å². The summed E-state index contributed by atoms with van der Waals surface area (Å²) in [5.41, 5.74) is -0.442. The van der Waals surface area contributed by atoms with Gasteiger partial charge in [-0.1, -0.05) is 24.4 Å². The van der Waals surface area contributed by atoms with Crippen molar-refractivity contribution < 1.29 is 42.9 Å². The molecule has 1 aromatic carbocycles. The Morgan fingerprint density at radius 1 is 1.09 bits per heavy atom. The number of hydrogen-bond donors (Lipinski definition) is 4. The van der Waals surface area contributed by atoms with Gasteiger partial charge in [0.25, 0.3) is 0 Å². The Balaban J connectivity index is 1.85. The molecule has 4 atom stereocenters. The molecule has 6 nitrogen and oxygen atoms in total. The van der Waals surface area contributed by atoms with Crippen molar-refractivity contribution in [3.63, 3.8) is 0 Å². The number of aryl methyl sites for hydroxylation is 1. The lowest BCUT2D eigenvalue weighted by atomic mass is 9.84. The van der Waals surface area contributed by atoms with E-state index in [-0.39, 0.29) is 43.1 Å². The first-order chi connectivity index (χ1) is 16.0. The number of nitrogens with zero attached hydrogens (tertiary/aromatic N) is 1. The minimum atomic E-state index is -4.65. The second-order valence-electron chi connectivity index (χ2n) is 9.10. The number of aliphatic hydroxyl groups excluding tert-OH is 2. The zero-order valence-electron chi connectivity index (χ0n) is 19.0. The van der Waals surface area contributed by atoms with Gasteiger partial charge in [0.2, 0.25) is 0 Å². The summed E-state index contributed by atoms with van der Waals surface area (Å²) in [5.74, 6) is -2.17. The zero-order chi connectivity index (χ0) is 25.3. The molecule has 0 spiro atoms. The number of halogens is 4. The van der Waals surface area contributed by atoms with E-state index in [1.807, 2.05) is 0 Å². The molecule has 1 aliphatic rings. The molecular weight excluding hydrogens is 458 g/mol. The second kappa shape index (κ2) is 13.0. The Kier molecular flexibility index (Phi) is 10.8. The van der Waals surface area contributed by atoms with Gasteiger partial charge < -0.3 is 20.5 Å². The van der Waals surface area contributed by atoms with Crippen molar-refractivity contribution in [1.82, 2.24) is 0 Å². The predicted molar refractivity (Wildman–Crippen MR) is 117 cm³/mol. The summed E-state index contributed by atoms with van der Waals surface area (Å²) in [5, 5.41) is 42.1. The van der Waals surface area contributed by atoms with Crippen LogP contribution in [0.2, 0.25) is 0 Å². The SMILES string of the molecule is O=C(O)CCCCCC[C@H]1[C@@H](O)C/C(=N/O)[C@@H]1CC[C@@H](O)CCc1cc(F)cc(C(F)(F)F)c1. The van der Waals surface area contributed by atoms with Gasteiger partial charge in [-0.2, -0.15) is 13.2 Å². The van der Waals surface area contributed by atoms with Crippen molar-refractivity contribution in [2.75, 3.05) is 0 Å². The van der Waals surface area contributed by atoms with Crippen LogP contribution >= 0.6 is 0 Å². The van der Waals surface area contributed by atoms with E-state index in [2.05, 4.69) is 5.16 Å². The smallest absolute Gasteiger partial charge is 0.416 e. The van der Waals surface area contributed by atoms with Crippen LogP contribution < -0.4 is 0 Å². The largest absolute Gasteiger partial charge is 0.481 e. The minimum Gasteiger partial charge on any atom is -0.481 e. The number of carboxylic acid groups (broad SMARTS) is 1. The Morgan fingerprint density at radius 3 is 2.44 bits per heavy atom. The molecule has 34 heavy (non-hydrogen) atoms. The molecule has 10 heteroatoms. The van der Waals surface area contributed by atoms with Crippen molar-refractivity contribution in [3.05, 3.63) is 35.1 Å². The summed E-state index contributed by atoms with van der Waals surface area (Å²) in [7, 11) is 0.